The van der Waals surface area contributed by atoms with E-state index in [0.717, 1.165) is 0 Å². The van der Waals surface area contributed by atoms with Gasteiger partial charge in [-0.3, -0.25) is 14.4 Å². The molecule has 0 radical (unpaired) electrons. The number of esters is 3. The van der Waals surface area contributed by atoms with Crippen LogP contribution in [0.4, 0.5) is 10.1 Å². The first-order valence-corrected chi connectivity index (χ1v) is 9.47. The quantitative estimate of drug-likeness (QED) is 0.528. The maximum absolute atomic E-state index is 13.4. The summed E-state index contributed by atoms with van der Waals surface area (Å²) in [6.45, 7) is 4.03. The van der Waals surface area contributed by atoms with E-state index in [9.17, 15) is 18.8 Å². The lowest BCUT2D eigenvalue weighted by molar-refractivity contribution is -0.240. The Bertz CT molecular complexity index is 855. The second kappa shape index (κ2) is 8.43. The van der Waals surface area contributed by atoms with Crippen molar-refractivity contribution in [3.8, 4) is 0 Å². The van der Waals surface area contributed by atoms with E-state index in [4.69, 9.17) is 18.9 Å². The smallest absolute Gasteiger partial charge is 0.314 e. The van der Waals surface area contributed by atoms with E-state index in [1.54, 1.807) is 36.2 Å². The van der Waals surface area contributed by atoms with Crippen molar-refractivity contribution in [1.82, 2.24) is 0 Å². The fourth-order valence-electron chi connectivity index (χ4n) is 4.12. The van der Waals surface area contributed by atoms with E-state index >= 15 is 0 Å². The van der Waals surface area contributed by atoms with E-state index < -0.39 is 53.5 Å². The Kier molecular flexibility index (Phi) is 6.12. The normalized spacial score (nSPS) is 29.8. The van der Waals surface area contributed by atoms with E-state index in [0.29, 0.717) is 5.69 Å². The molecule has 2 heterocycles. The van der Waals surface area contributed by atoms with Crippen molar-refractivity contribution in [3.05, 3.63) is 42.4 Å². The molecule has 1 aromatic carbocycles. The van der Waals surface area contributed by atoms with Gasteiger partial charge >= 0.3 is 17.9 Å². The van der Waals surface area contributed by atoms with Gasteiger partial charge in [0.2, 0.25) is 0 Å². The molecule has 0 aliphatic carbocycles. The molecule has 2 bridgehead atoms. The van der Waals surface area contributed by atoms with Crippen LogP contribution in [0.3, 0.4) is 0 Å². The van der Waals surface area contributed by atoms with Crippen LogP contribution in [-0.2, 0) is 33.3 Å². The van der Waals surface area contributed by atoms with Crippen molar-refractivity contribution < 1.29 is 37.7 Å². The maximum Gasteiger partial charge on any atom is 0.314 e. The van der Waals surface area contributed by atoms with E-state index in [2.05, 4.69) is 0 Å². The van der Waals surface area contributed by atoms with Gasteiger partial charge in [0.25, 0.3) is 0 Å². The molecule has 8 nitrogen and oxygen atoms in total. The predicted octanol–water partition coefficient (Wildman–Crippen LogP) is 2.17. The molecule has 162 valence electrons. The summed E-state index contributed by atoms with van der Waals surface area (Å²) in [7, 11) is 1.26. The van der Waals surface area contributed by atoms with Gasteiger partial charge in [-0.05, 0) is 31.2 Å². The fourth-order valence-corrected chi connectivity index (χ4v) is 4.12. The van der Waals surface area contributed by atoms with Crippen LogP contribution < -0.4 is 4.90 Å². The molecule has 0 saturated carbocycles. The molecule has 0 spiro atoms. The summed E-state index contributed by atoms with van der Waals surface area (Å²) >= 11 is 0. The van der Waals surface area contributed by atoms with E-state index in [1.165, 1.54) is 33.1 Å². The van der Waals surface area contributed by atoms with Crippen molar-refractivity contribution in [1.29, 1.82) is 0 Å². The highest BCUT2D eigenvalue weighted by Gasteiger charge is 2.60. The molecule has 0 aromatic heterocycles. The molecule has 1 saturated heterocycles. The zero-order chi connectivity index (χ0) is 22.1. The summed E-state index contributed by atoms with van der Waals surface area (Å²) in [4.78, 5) is 37.5. The molecule has 1 aromatic rings. The maximum atomic E-state index is 13.4. The first-order chi connectivity index (χ1) is 14.2. The minimum atomic E-state index is -1.27. The molecule has 0 amide bonds. The number of benzene rings is 1. The van der Waals surface area contributed by atoms with Crippen LogP contribution in [0, 0.1) is 17.7 Å². The molecule has 5 atom stereocenters. The molecule has 30 heavy (non-hydrogen) atoms. The average molecular weight is 421 g/mol. The predicted molar refractivity (Wildman–Crippen MR) is 102 cm³/mol. The van der Waals surface area contributed by atoms with Crippen LogP contribution in [0.15, 0.2) is 36.5 Å². The van der Waals surface area contributed by atoms with Crippen LogP contribution in [0.2, 0.25) is 0 Å². The Hall–Kier alpha value is -2.94. The molecule has 0 N–H and O–H groups in total. The third-order valence-corrected chi connectivity index (χ3v) is 5.35. The minimum Gasteiger partial charge on any atom is -0.469 e. The minimum absolute atomic E-state index is 0.168. The highest BCUT2D eigenvalue weighted by molar-refractivity contribution is 5.77. The summed E-state index contributed by atoms with van der Waals surface area (Å²) in [6, 6.07) is 5.71. The van der Waals surface area contributed by atoms with Crippen LogP contribution in [0.25, 0.3) is 0 Å². The number of ether oxygens (including phenoxy) is 4. The average Bonchev–Trinajstić information content (AvgIpc) is 2.68. The lowest BCUT2D eigenvalue weighted by Crippen LogP contribution is -2.68. The number of nitrogens with zero attached hydrogens (tertiary/aromatic N) is 1. The summed E-state index contributed by atoms with van der Waals surface area (Å²) in [5.41, 5.74) is -0.689. The van der Waals surface area contributed by atoms with Gasteiger partial charge in [-0.15, -0.1) is 0 Å². The molecule has 1 fully saturated rings. The van der Waals surface area contributed by atoms with Gasteiger partial charge in [0.15, 0.2) is 5.72 Å². The summed E-state index contributed by atoms with van der Waals surface area (Å²) in [5, 5.41) is 0. The number of carbonyl (C=O) groups is 3. The van der Waals surface area contributed by atoms with Gasteiger partial charge < -0.3 is 23.8 Å². The van der Waals surface area contributed by atoms with Crippen molar-refractivity contribution in [2.24, 2.45) is 11.8 Å². The third-order valence-electron chi connectivity index (χ3n) is 5.35. The van der Waals surface area contributed by atoms with Gasteiger partial charge in [-0.2, -0.15) is 0 Å². The number of halogens is 1. The summed E-state index contributed by atoms with van der Waals surface area (Å²) in [6.07, 6.45) is 1.73. The lowest BCUT2D eigenvalue weighted by Gasteiger charge is -2.56. The van der Waals surface area contributed by atoms with Gasteiger partial charge in [0.1, 0.15) is 30.5 Å². The van der Waals surface area contributed by atoms with Crippen LogP contribution in [0.5, 0.6) is 0 Å². The number of carbonyl (C=O) groups excluding carboxylic acids is 3. The molecule has 3 rings (SSSR count). The molecule has 2 aliphatic heterocycles. The number of methoxy groups -OCH3 is 1. The Morgan fingerprint density at radius 1 is 1.17 bits per heavy atom. The number of hydrogen-bond donors (Lipinski definition) is 0. The zero-order valence-corrected chi connectivity index (χ0v) is 17.2. The lowest BCUT2D eigenvalue weighted by atomic mass is 9.73. The van der Waals surface area contributed by atoms with Crippen molar-refractivity contribution >= 4 is 23.6 Å². The summed E-state index contributed by atoms with van der Waals surface area (Å²) < 4.78 is 35.3. The molecule has 9 heteroatoms. The number of fused-ring (bicyclic) bond motifs is 2. The standard InChI is InChI=1S/C21H24FNO7/c1-12(24)28-11-17-19(29-13(2)25)16-9-10-23(15-7-5-14(22)6-8-15)21(3,30-17)18(16)20(26)27-4/h5-10,16-19H,11H2,1-4H3. The largest absolute Gasteiger partial charge is 0.469 e. The molecular formula is C21H24FNO7. The van der Waals surface area contributed by atoms with Gasteiger partial charge in [-0.25, -0.2) is 4.39 Å². The van der Waals surface area contributed by atoms with Gasteiger partial charge in [0, 0.05) is 31.7 Å². The van der Waals surface area contributed by atoms with Crippen LogP contribution >= 0.6 is 0 Å². The molecular weight excluding hydrogens is 397 g/mol. The third kappa shape index (κ3) is 4.02. The first kappa shape index (κ1) is 21.8. The SMILES string of the molecule is COC(=O)C1C2C=CN(c3ccc(F)cc3)C1(C)OC(COC(C)=O)C2OC(C)=O. The fraction of sp³-hybridized carbons (Fsp3) is 0.476. The zero-order valence-electron chi connectivity index (χ0n) is 17.2. The highest BCUT2D eigenvalue weighted by atomic mass is 19.1. The van der Waals surface area contributed by atoms with E-state index in [-0.39, 0.29) is 6.61 Å². The number of anilines is 1. The van der Waals surface area contributed by atoms with Crippen LogP contribution in [-0.4, -0.2) is 49.6 Å². The number of rotatable bonds is 5. The highest BCUT2D eigenvalue weighted by Crippen LogP contribution is 2.48. The topological polar surface area (TPSA) is 91.4 Å². The Balaban J connectivity index is 2.07. The Labute approximate surface area is 173 Å². The molecule has 5 unspecified atom stereocenters. The molecule has 2 aliphatic rings. The van der Waals surface area contributed by atoms with Crippen LogP contribution in [0.1, 0.15) is 20.8 Å². The second-order valence-electron chi connectivity index (χ2n) is 7.35. The van der Waals surface area contributed by atoms with Crippen molar-refractivity contribution in [3.63, 3.8) is 0 Å². The monoisotopic (exact) mass is 421 g/mol. The van der Waals surface area contributed by atoms with Crippen molar-refractivity contribution in [2.75, 3.05) is 18.6 Å². The van der Waals surface area contributed by atoms with Gasteiger partial charge in [0.05, 0.1) is 7.11 Å². The van der Waals surface area contributed by atoms with Crippen molar-refractivity contribution in [2.45, 2.75) is 38.7 Å². The second-order valence-corrected chi connectivity index (χ2v) is 7.35. The Morgan fingerprint density at radius 3 is 2.40 bits per heavy atom. The number of hydrogen-bond acceptors (Lipinski definition) is 8. The van der Waals surface area contributed by atoms with E-state index in [1.807, 2.05) is 0 Å². The first-order valence-electron chi connectivity index (χ1n) is 9.47. The summed E-state index contributed by atoms with van der Waals surface area (Å²) in [5.74, 6) is -3.48. The Morgan fingerprint density at radius 2 is 1.83 bits per heavy atom. The van der Waals surface area contributed by atoms with Gasteiger partial charge in [-0.1, -0.05) is 6.08 Å².